The molecule has 2 N–H and O–H groups in total. The molecule has 1 aromatic rings. The van der Waals surface area contributed by atoms with Crippen molar-refractivity contribution in [1.82, 2.24) is 5.32 Å². The van der Waals surface area contributed by atoms with Crippen LogP contribution in [-0.4, -0.2) is 42.6 Å². The van der Waals surface area contributed by atoms with Gasteiger partial charge < -0.3 is 15.2 Å². The molecule has 1 atom stereocenters. The SMILES string of the molecule is O=C(NCCOCCO)C(S)Cc1ccccc1. The van der Waals surface area contributed by atoms with Crippen molar-refractivity contribution in [2.45, 2.75) is 11.7 Å². The molecule has 0 aliphatic rings. The maximum Gasteiger partial charge on any atom is 0.233 e. The van der Waals surface area contributed by atoms with Gasteiger partial charge in [0.25, 0.3) is 0 Å². The smallest absolute Gasteiger partial charge is 0.233 e. The van der Waals surface area contributed by atoms with Crippen molar-refractivity contribution in [2.75, 3.05) is 26.4 Å². The lowest BCUT2D eigenvalue weighted by molar-refractivity contribution is -0.120. The highest BCUT2D eigenvalue weighted by atomic mass is 32.1. The second-order valence-electron chi connectivity index (χ2n) is 3.83. The summed E-state index contributed by atoms with van der Waals surface area (Å²) in [6, 6.07) is 9.77. The highest BCUT2D eigenvalue weighted by Gasteiger charge is 2.13. The van der Waals surface area contributed by atoms with Crippen molar-refractivity contribution in [3.63, 3.8) is 0 Å². The molecule has 0 radical (unpaired) electrons. The summed E-state index contributed by atoms with van der Waals surface area (Å²) in [4.78, 5) is 11.7. The number of aliphatic hydroxyl groups excluding tert-OH is 1. The van der Waals surface area contributed by atoms with Gasteiger partial charge in [-0.05, 0) is 12.0 Å². The Balaban J connectivity index is 2.21. The predicted octanol–water partition coefficient (Wildman–Crippen LogP) is 0.653. The summed E-state index contributed by atoms with van der Waals surface area (Å²) < 4.78 is 5.04. The normalized spacial score (nSPS) is 12.1. The van der Waals surface area contributed by atoms with Gasteiger partial charge in [-0.2, -0.15) is 12.6 Å². The molecule has 0 bridgehead atoms. The van der Waals surface area contributed by atoms with Crippen molar-refractivity contribution >= 4 is 18.5 Å². The second kappa shape index (κ2) is 8.97. The van der Waals surface area contributed by atoms with Crippen LogP contribution in [0.4, 0.5) is 0 Å². The number of ether oxygens (including phenoxy) is 1. The van der Waals surface area contributed by atoms with Gasteiger partial charge in [-0.15, -0.1) is 0 Å². The van der Waals surface area contributed by atoms with Gasteiger partial charge in [0.1, 0.15) is 0 Å². The van der Waals surface area contributed by atoms with Crippen LogP contribution in [0.15, 0.2) is 30.3 Å². The minimum absolute atomic E-state index is 0.00283. The van der Waals surface area contributed by atoms with Crippen LogP contribution in [-0.2, 0) is 16.0 Å². The van der Waals surface area contributed by atoms with E-state index in [0.29, 0.717) is 26.2 Å². The Bertz CT molecular complexity index is 345. The van der Waals surface area contributed by atoms with E-state index in [1.54, 1.807) is 0 Å². The quantitative estimate of drug-likeness (QED) is 0.480. The third-order valence-corrected chi connectivity index (χ3v) is 2.77. The third kappa shape index (κ3) is 6.05. The number of benzene rings is 1. The molecule has 1 amide bonds. The Morgan fingerprint density at radius 1 is 1.33 bits per heavy atom. The van der Waals surface area contributed by atoms with Crippen LogP contribution >= 0.6 is 12.6 Å². The summed E-state index contributed by atoms with van der Waals surface area (Å²) in [6.07, 6.45) is 0.604. The van der Waals surface area contributed by atoms with Crippen LogP contribution in [0.5, 0.6) is 0 Å². The molecular weight excluding hydrogens is 250 g/mol. The van der Waals surface area contributed by atoms with E-state index < -0.39 is 0 Å². The first-order valence-electron chi connectivity index (χ1n) is 5.92. The van der Waals surface area contributed by atoms with E-state index in [4.69, 9.17) is 9.84 Å². The molecular formula is C13H19NO3S. The summed E-state index contributed by atoms with van der Waals surface area (Å²) in [5.74, 6) is -0.102. The van der Waals surface area contributed by atoms with Crippen molar-refractivity contribution in [3.8, 4) is 0 Å². The van der Waals surface area contributed by atoms with Crippen LogP contribution in [0.25, 0.3) is 0 Å². The topological polar surface area (TPSA) is 58.6 Å². The molecule has 0 aliphatic carbocycles. The van der Waals surface area contributed by atoms with Gasteiger partial charge in [0, 0.05) is 6.54 Å². The zero-order chi connectivity index (χ0) is 13.2. The minimum Gasteiger partial charge on any atom is -0.394 e. The first-order chi connectivity index (χ1) is 8.74. The first-order valence-corrected chi connectivity index (χ1v) is 6.44. The molecule has 0 spiro atoms. The zero-order valence-corrected chi connectivity index (χ0v) is 11.1. The molecule has 0 aromatic heterocycles. The molecule has 0 aliphatic heterocycles. The van der Waals surface area contributed by atoms with E-state index in [1.165, 1.54) is 0 Å². The van der Waals surface area contributed by atoms with E-state index in [-0.39, 0.29) is 17.8 Å². The number of carbonyl (C=O) groups is 1. The van der Waals surface area contributed by atoms with Crippen LogP contribution < -0.4 is 5.32 Å². The fourth-order valence-electron chi connectivity index (χ4n) is 1.46. The van der Waals surface area contributed by atoms with Gasteiger partial charge in [-0.1, -0.05) is 30.3 Å². The van der Waals surface area contributed by atoms with Gasteiger partial charge in [-0.25, -0.2) is 0 Å². The number of nitrogens with one attached hydrogen (secondary N) is 1. The van der Waals surface area contributed by atoms with Crippen molar-refractivity contribution < 1.29 is 14.6 Å². The molecule has 1 rings (SSSR count). The van der Waals surface area contributed by atoms with Gasteiger partial charge in [0.2, 0.25) is 5.91 Å². The van der Waals surface area contributed by atoms with Gasteiger partial charge >= 0.3 is 0 Å². The first kappa shape index (κ1) is 15.0. The maximum atomic E-state index is 11.7. The second-order valence-corrected chi connectivity index (χ2v) is 4.46. The number of aliphatic hydroxyl groups is 1. The van der Waals surface area contributed by atoms with Crippen LogP contribution in [0.1, 0.15) is 5.56 Å². The molecule has 0 heterocycles. The average molecular weight is 269 g/mol. The molecule has 0 saturated heterocycles. The number of hydrogen-bond acceptors (Lipinski definition) is 4. The number of rotatable bonds is 8. The predicted molar refractivity (Wildman–Crippen MR) is 73.8 cm³/mol. The third-order valence-electron chi connectivity index (χ3n) is 2.36. The Morgan fingerprint density at radius 3 is 2.72 bits per heavy atom. The summed E-state index contributed by atoms with van der Waals surface area (Å²) >= 11 is 4.29. The lowest BCUT2D eigenvalue weighted by Gasteiger charge is -2.11. The van der Waals surface area contributed by atoms with E-state index >= 15 is 0 Å². The summed E-state index contributed by atoms with van der Waals surface area (Å²) in [7, 11) is 0. The van der Waals surface area contributed by atoms with Crippen molar-refractivity contribution in [1.29, 1.82) is 0 Å². The van der Waals surface area contributed by atoms with E-state index in [2.05, 4.69) is 17.9 Å². The zero-order valence-electron chi connectivity index (χ0n) is 10.2. The molecule has 0 fully saturated rings. The van der Waals surface area contributed by atoms with Gasteiger partial charge in [-0.3, -0.25) is 4.79 Å². The van der Waals surface area contributed by atoms with E-state index in [9.17, 15) is 4.79 Å². The van der Waals surface area contributed by atoms with Crippen molar-refractivity contribution in [2.24, 2.45) is 0 Å². The fraction of sp³-hybridized carbons (Fsp3) is 0.462. The molecule has 4 nitrogen and oxygen atoms in total. The van der Waals surface area contributed by atoms with E-state index in [1.807, 2.05) is 30.3 Å². The number of thiol groups is 1. The summed E-state index contributed by atoms with van der Waals surface area (Å²) in [5, 5.41) is 10.9. The van der Waals surface area contributed by atoms with Crippen molar-refractivity contribution in [3.05, 3.63) is 35.9 Å². The monoisotopic (exact) mass is 269 g/mol. The molecule has 1 unspecified atom stereocenters. The Labute approximate surface area is 113 Å². The van der Waals surface area contributed by atoms with Crippen LogP contribution in [0, 0.1) is 0 Å². The van der Waals surface area contributed by atoms with Gasteiger partial charge in [0.05, 0.1) is 25.1 Å². The largest absolute Gasteiger partial charge is 0.394 e. The molecule has 18 heavy (non-hydrogen) atoms. The molecule has 100 valence electrons. The maximum absolute atomic E-state index is 11.7. The fourth-order valence-corrected chi connectivity index (χ4v) is 1.76. The standard InChI is InChI=1S/C13H19NO3S/c15-7-9-17-8-6-14-13(16)12(18)10-11-4-2-1-3-5-11/h1-5,12,15,18H,6-10H2,(H,14,16). The number of amides is 1. The van der Waals surface area contributed by atoms with Gasteiger partial charge in [0.15, 0.2) is 0 Å². The van der Waals surface area contributed by atoms with E-state index in [0.717, 1.165) is 5.56 Å². The van der Waals surface area contributed by atoms with Crippen LogP contribution in [0.3, 0.4) is 0 Å². The highest BCUT2D eigenvalue weighted by molar-refractivity contribution is 7.81. The molecule has 5 heteroatoms. The lowest BCUT2D eigenvalue weighted by atomic mass is 10.1. The summed E-state index contributed by atoms with van der Waals surface area (Å²) in [6.45, 7) is 1.13. The Morgan fingerprint density at radius 2 is 2.06 bits per heavy atom. The molecule has 0 saturated carbocycles. The highest BCUT2D eigenvalue weighted by Crippen LogP contribution is 2.07. The Kier molecular flexibility index (Phi) is 7.48. The van der Waals surface area contributed by atoms with Crippen LogP contribution in [0.2, 0.25) is 0 Å². The lowest BCUT2D eigenvalue weighted by Crippen LogP contribution is -2.35. The number of hydrogen-bond donors (Lipinski definition) is 3. The Hall–Kier alpha value is -1.04. The average Bonchev–Trinajstić information content (AvgIpc) is 2.39. The molecule has 1 aromatic carbocycles. The minimum atomic E-state index is -0.356. The summed E-state index contributed by atoms with van der Waals surface area (Å²) in [5.41, 5.74) is 1.09. The number of carbonyl (C=O) groups excluding carboxylic acids is 1.